The highest BCUT2D eigenvalue weighted by Gasteiger charge is 2.24. The number of amides is 1. The SMILES string of the molecule is COc1cc(C(=O)N2CCCn3nc(CO)cc3C2)c2ccccc2n1. The fourth-order valence-corrected chi connectivity index (χ4v) is 3.38. The highest BCUT2D eigenvalue weighted by molar-refractivity contribution is 6.06. The van der Waals surface area contributed by atoms with Gasteiger partial charge in [-0.2, -0.15) is 5.10 Å². The molecule has 1 aliphatic rings. The minimum Gasteiger partial charge on any atom is -0.481 e. The van der Waals surface area contributed by atoms with E-state index in [4.69, 9.17) is 4.74 Å². The second-order valence-electron chi connectivity index (χ2n) is 6.32. The minimum absolute atomic E-state index is 0.0536. The maximum Gasteiger partial charge on any atom is 0.255 e. The standard InChI is InChI=1S/C19H20N4O3/c1-26-18-10-16(15-5-2-3-6-17(15)20-18)19(25)22-7-4-8-23-14(11-22)9-13(12-24)21-23/h2-3,5-6,9-10,24H,4,7-8,11-12H2,1H3. The van der Waals surface area contributed by atoms with Gasteiger partial charge in [-0.05, 0) is 18.6 Å². The molecule has 7 nitrogen and oxygen atoms in total. The zero-order valence-electron chi connectivity index (χ0n) is 14.6. The molecular weight excluding hydrogens is 332 g/mol. The highest BCUT2D eigenvalue weighted by Crippen LogP contribution is 2.25. The summed E-state index contributed by atoms with van der Waals surface area (Å²) in [6, 6.07) is 11.1. The average molecular weight is 352 g/mol. The first-order valence-corrected chi connectivity index (χ1v) is 8.59. The number of aryl methyl sites for hydroxylation is 1. The van der Waals surface area contributed by atoms with E-state index in [2.05, 4.69) is 10.1 Å². The number of rotatable bonds is 3. The lowest BCUT2D eigenvalue weighted by molar-refractivity contribution is 0.0747. The molecular formula is C19H20N4O3. The Kier molecular flexibility index (Phi) is 4.30. The van der Waals surface area contributed by atoms with Crippen molar-refractivity contribution in [3.8, 4) is 5.88 Å². The Morgan fingerprint density at radius 1 is 1.27 bits per heavy atom. The van der Waals surface area contributed by atoms with Crippen LogP contribution in [0.15, 0.2) is 36.4 Å². The van der Waals surface area contributed by atoms with Crippen LogP contribution in [-0.4, -0.2) is 44.3 Å². The molecule has 0 spiro atoms. The molecule has 26 heavy (non-hydrogen) atoms. The molecule has 0 fully saturated rings. The van der Waals surface area contributed by atoms with Crippen molar-refractivity contribution in [2.45, 2.75) is 26.1 Å². The van der Waals surface area contributed by atoms with E-state index in [1.165, 1.54) is 0 Å². The van der Waals surface area contributed by atoms with Gasteiger partial charge in [0.15, 0.2) is 0 Å². The lowest BCUT2D eigenvalue weighted by atomic mass is 10.1. The maximum atomic E-state index is 13.3. The number of benzene rings is 1. The van der Waals surface area contributed by atoms with Gasteiger partial charge in [-0.1, -0.05) is 18.2 Å². The Hall–Kier alpha value is -2.93. The van der Waals surface area contributed by atoms with E-state index in [9.17, 15) is 9.90 Å². The van der Waals surface area contributed by atoms with Crippen LogP contribution in [0.1, 0.15) is 28.2 Å². The van der Waals surface area contributed by atoms with Crippen molar-refractivity contribution in [2.75, 3.05) is 13.7 Å². The topological polar surface area (TPSA) is 80.5 Å². The van der Waals surface area contributed by atoms with Crippen LogP contribution in [0, 0.1) is 0 Å². The molecule has 2 aromatic heterocycles. The van der Waals surface area contributed by atoms with Crippen LogP contribution >= 0.6 is 0 Å². The third kappa shape index (κ3) is 2.90. The largest absolute Gasteiger partial charge is 0.481 e. The van der Waals surface area contributed by atoms with Gasteiger partial charge in [-0.25, -0.2) is 4.98 Å². The van der Waals surface area contributed by atoms with E-state index in [0.717, 1.165) is 29.6 Å². The average Bonchev–Trinajstić information content (AvgIpc) is 2.97. The maximum absolute atomic E-state index is 13.3. The molecule has 1 amide bonds. The zero-order valence-corrected chi connectivity index (χ0v) is 14.6. The Morgan fingerprint density at radius 2 is 2.12 bits per heavy atom. The van der Waals surface area contributed by atoms with Gasteiger partial charge in [0.25, 0.3) is 5.91 Å². The first-order chi connectivity index (χ1) is 12.7. The van der Waals surface area contributed by atoms with Gasteiger partial charge in [0.05, 0.1) is 42.7 Å². The number of nitrogens with zero attached hydrogens (tertiary/aromatic N) is 4. The highest BCUT2D eigenvalue weighted by atomic mass is 16.5. The van der Waals surface area contributed by atoms with E-state index < -0.39 is 0 Å². The van der Waals surface area contributed by atoms with Crippen molar-refractivity contribution in [3.63, 3.8) is 0 Å². The molecule has 0 saturated heterocycles. The number of ether oxygens (including phenoxy) is 1. The molecule has 0 atom stereocenters. The fraction of sp³-hybridized carbons (Fsp3) is 0.316. The van der Waals surface area contributed by atoms with Crippen molar-refractivity contribution in [1.29, 1.82) is 0 Å². The second kappa shape index (κ2) is 6.76. The van der Waals surface area contributed by atoms with Crippen LogP contribution in [0.2, 0.25) is 0 Å². The number of methoxy groups -OCH3 is 1. The number of para-hydroxylation sites is 1. The molecule has 3 aromatic rings. The normalized spacial score (nSPS) is 14.2. The Balaban J connectivity index is 1.72. The van der Waals surface area contributed by atoms with E-state index in [1.54, 1.807) is 13.2 Å². The van der Waals surface area contributed by atoms with Gasteiger partial charge in [-0.3, -0.25) is 9.48 Å². The molecule has 1 aliphatic heterocycles. The molecule has 1 N–H and O–H groups in total. The van der Waals surface area contributed by atoms with Gasteiger partial charge >= 0.3 is 0 Å². The van der Waals surface area contributed by atoms with E-state index in [0.29, 0.717) is 30.2 Å². The van der Waals surface area contributed by atoms with Crippen molar-refractivity contribution in [2.24, 2.45) is 0 Å². The number of aliphatic hydroxyl groups is 1. The summed E-state index contributed by atoms with van der Waals surface area (Å²) in [5, 5.41) is 14.5. The number of aromatic nitrogens is 3. The fourth-order valence-electron chi connectivity index (χ4n) is 3.38. The van der Waals surface area contributed by atoms with Crippen molar-refractivity contribution >= 4 is 16.8 Å². The third-order valence-electron chi connectivity index (χ3n) is 4.65. The lowest BCUT2D eigenvalue weighted by Crippen LogP contribution is -2.31. The monoisotopic (exact) mass is 352 g/mol. The van der Waals surface area contributed by atoms with Gasteiger partial charge < -0.3 is 14.7 Å². The lowest BCUT2D eigenvalue weighted by Gasteiger charge is -2.21. The summed E-state index contributed by atoms with van der Waals surface area (Å²) in [7, 11) is 1.55. The van der Waals surface area contributed by atoms with Crippen LogP contribution in [0.4, 0.5) is 0 Å². The Bertz CT molecular complexity index is 967. The van der Waals surface area contributed by atoms with Gasteiger partial charge in [-0.15, -0.1) is 0 Å². The van der Waals surface area contributed by atoms with Crippen LogP contribution in [0.3, 0.4) is 0 Å². The quantitative estimate of drug-likeness (QED) is 0.780. The molecule has 0 radical (unpaired) electrons. The van der Waals surface area contributed by atoms with E-state index >= 15 is 0 Å². The third-order valence-corrected chi connectivity index (χ3v) is 4.65. The summed E-state index contributed by atoms with van der Waals surface area (Å²) >= 11 is 0. The summed E-state index contributed by atoms with van der Waals surface area (Å²) in [6.45, 7) is 1.75. The van der Waals surface area contributed by atoms with Gasteiger partial charge in [0.1, 0.15) is 0 Å². The van der Waals surface area contributed by atoms with Crippen LogP contribution in [0.5, 0.6) is 5.88 Å². The van der Waals surface area contributed by atoms with E-state index in [-0.39, 0.29) is 12.5 Å². The minimum atomic E-state index is -0.0971. The van der Waals surface area contributed by atoms with Crippen molar-refractivity contribution in [3.05, 3.63) is 53.3 Å². The van der Waals surface area contributed by atoms with Crippen molar-refractivity contribution in [1.82, 2.24) is 19.7 Å². The molecule has 7 heteroatoms. The predicted molar refractivity (Wildman–Crippen MR) is 95.8 cm³/mol. The first kappa shape index (κ1) is 16.5. The van der Waals surface area contributed by atoms with Crippen LogP contribution in [0.25, 0.3) is 10.9 Å². The summed E-state index contributed by atoms with van der Waals surface area (Å²) in [5.74, 6) is 0.372. The number of hydrogen-bond acceptors (Lipinski definition) is 5. The van der Waals surface area contributed by atoms with Crippen molar-refractivity contribution < 1.29 is 14.6 Å². The van der Waals surface area contributed by atoms with Gasteiger partial charge in [0, 0.05) is 24.5 Å². The molecule has 1 aromatic carbocycles. The summed E-state index contributed by atoms with van der Waals surface area (Å²) in [4.78, 5) is 19.5. The predicted octanol–water partition coefficient (Wildman–Crippen LogP) is 1.98. The zero-order chi connectivity index (χ0) is 18.1. The summed E-state index contributed by atoms with van der Waals surface area (Å²) in [5.41, 5.74) is 2.89. The van der Waals surface area contributed by atoms with Crippen LogP contribution in [-0.2, 0) is 19.7 Å². The first-order valence-electron chi connectivity index (χ1n) is 8.59. The smallest absolute Gasteiger partial charge is 0.255 e. The molecule has 134 valence electrons. The summed E-state index contributed by atoms with van der Waals surface area (Å²) in [6.07, 6.45) is 0.811. The molecule has 0 bridgehead atoms. The number of carbonyl (C=O) groups is 1. The molecule has 3 heterocycles. The molecule has 0 saturated carbocycles. The number of pyridine rings is 1. The molecule has 4 rings (SSSR count). The second-order valence-corrected chi connectivity index (χ2v) is 6.32. The number of fused-ring (bicyclic) bond motifs is 2. The Labute approximate surface area is 150 Å². The number of hydrogen-bond donors (Lipinski definition) is 1. The van der Waals surface area contributed by atoms with Gasteiger partial charge in [0.2, 0.25) is 5.88 Å². The summed E-state index contributed by atoms with van der Waals surface area (Å²) < 4.78 is 7.15. The molecule has 0 aliphatic carbocycles. The van der Waals surface area contributed by atoms with E-state index in [1.807, 2.05) is 39.9 Å². The Morgan fingerprint density at radius 3 is 2.92 bits per heavy atom. The number of carbonyl (C=O) groups excluding carboxylic acids is 1. The number of aliphatic hydroxyl groups excluding tert-OH is 1. The molecule has 0 unspecified atom stereocenters. The van der Waals surface area contributed by atoms with Crippen LogP contribution < -0.4 is 4.74 Å².